The van der Waals surface area contributed by atoms with E-state index in [1.54, 1.807) is 17.1 Å². The van der Waals surface area contributed by atoms with E-state index >= 15 is 0 Å². The molecule has 0 amide bonds. The average Bonchev–Trinajstić information content (AvgIpc) is 2.82. The van der Waals surface area contributed by atoms with Crippen molar-refractivity contribution in [1.29, 1.82) is 0 Å². The molecule has 0 radical (unpaired) electrons. The van der Waals surface area contributed by atoms with Gasteiger partial charge in [-0.15, -0.1) is 5.10 Å². The van der Waals surface area contributed by atoms with E-state index in [2.05, 4.69) is 20.6 Å². The topological polar surface area (TPSA) is 81.6 Å². The molecule has 2 rings (SSSR count). The molecule has 2 aromatic heterocycles. The number of nitrogens with two attached hydrogens (primary N) is 1. The van der Waals surface area contributed by atoms with Gasteiger partial charge in [0.15, 0.2) is 0 Å². The number of nitrogens with one attached hydrogen (secondary N) is 1. The Balaban J connectivity index is 2.03. The molecular weight excluding hydrogens is 248 g/mol. The predicted molar refractivity (Wildman–Crippen MR) is 73.4 cm³/mol. The van der Waals surface area contributed by atoms with Crippen LogP contribution in [-0.4, -0.2) is 31.5 Å². The second kappa shape index (κ2) is 5.54. The fourth-order valence-electron chi connectivity index (χ4n) is 1.53. The lowest BCUT2D eigenvalue weighted by Crippen LogP contribution is -2.17. The summed E-state index contributed by atoms with van der Waals surface area (Å²) in [6.07, 6.45) is 3.45. The van der Waals surface area contributed by atoms with E-state index in [1.807, 2.05) is 19.1 Å². The molecule has 2 heterocycles. The number of aryl methyl sites for hydroxylation is 1. The van der Waals surface area contributed by atoms with Crippen molar-refractivity contribution in [1.82, 2.24) is 20.0 Å². The Labute approximate surface area is 110 Å². The van der Waals surface area contributed by atoms with Crippen LogP contribution in [0.2, 0.25) is 0 Å². The molecule has 7 heteroatoms. The van der Waals surface area contributed by atoms with E-state index in [4.69, 9.17) is 18.0 Å². The number of rotatable bonds is 5. The number of hydrogen-bond donors (Lipinski definition) is 2. The maximum absolute atomic E-state index is 5.65. The third-order valence-electron chi connectivity index (χ3n) is 2.41. The summed E-state index contributed by atoms with van der Waals surface area (Å²) in [5.41, 5.74) is 7.33. The summed E-state index contributed by atoms with van der Waals surface area (Å²) in [6, 6.07) is 3.76. The standard InChI is InChI=1S/C11H14N6S/c1-8-2-3-9(10(12)18)11(15-8)13-4-6-17-7-5-14-16-17/h2-3,5,7H,4,6H2,1H3,(H2,12,18)(H,13,15). The number of anilines is 1. The summed E-state index contributed by atoms with van der Waals surface area (Å²) in [7, 11) is 0. The van der Waals surface area contributed by atoms with E-state index in [9.17, 15) is 0 Å². The van der Waals surface area contributed by atoms with Gasteiger partial charge in [0, 0.05) is 18.4 Å². The lowest BCUT2D eigenvalue weighted by atomic mass is 10.2. The van der Waals surface area contributed by atoms with Gasteiger partial charge in [-0.1, -0.05) is 17.4 Å². The smallest absolute Gasteiger partial charge is 0.136 e. The third kappa shape index (κ3) is 3.01. The normalized spacial score (nSPS) is 10.3. The monoisotopic (exact) mass is 262 g/mol. The van der Waals surface area contributed by atoms with Gasteiger partial charge in [-0.3, -0.25) is 4.68 Å². The summed E-state index contributed by atoms with van der Waals surface area (Å²) >= 11 is 4.99. The predicted octanol–water partition coefficient (Wildman–Crippen LogP) is 0.728. The number of pyridine rings is 1. The lowest BCUT2D eigenvalue weighted by Gasteiger charge is -2.10. The van der Waals surface area contributed by atoms with Gasteiger partial charge in [0.1, 0.15) is 10.8 Å². The highest BCUT2D eigenvalue weighted by atomic mass is 32.1. The van der Waals surface area contributed by atoms with E-state index in [-0.39, 0.29) is 0 Å². The summed E-state index contributed by atoms with van der Waals surface area (Å²) in [5.74, 6) is 0.711. The van der Waals surface area contributed by atoms with E-state index in [1.165, 1.54) is 0 Å². The van der Waals surface area contributed by atoms with Crippen LogP contribution in [0.3, 0.4) is 0 Å². The van der Waals surface area contributed by atoms with E-state index in [0.29, 0.717) is 23.9 Å². The molecule has 0 saturated carbocycles. The first-order valence-electron chi connectivity index (χ1n) is 5.52. The van der Waals surface area contributed by atoms with Gasteiger partial charge >= 0.3 is 0 Å². The first-order valence-corrected chi connectivity index (χ1v) is 5.93. The Kier molecular flexibility index (Phi) is 3.83. The molecule has 0 spiro atoms. The zero-order valence-corrected chi connectivity index (χ0v) is 10.8. The first kappa shape index (κ1) is 12.4. The van der Waals surface area contributed by atoms with Gasteiger partial charge in [-0.2, -0.15) is 0 Å². The molecule has 0 aliphatic heterocycles. The molecule has 0 unspecified atom stereocenters. The fraction of sp³-hybridized carbons (Fsp3) is 0.273. The Hall–Kier alpha value is -2.02. The van der Waals surface area contributed by atoms with Crippen LogP contribution in [-0.2, 0) is 6.54 Å². The molecule has 0 aliphatic rings. The molecule has 3 N–H and O–H groups in total. The molecule has 18 heavy (non-hydrogen) atoms. The Bertz CT molecular complexity index is 536. The van der Waals surface area contributed by atoms with Crippen molar-refractivity contribution in [2.24, 2.45) is 5.73 Å². The Morgan fingerprint density at radius 2 is 2.33 bits per heavy atom. The molecule has 0 atom stereocenters. The Morgan fingerprint density at radius 3 is 3.00 bits per heavy atom. The maximum atomic E-state index is 5.65. The van der Waals surface area contributed by atoms with Gasteiger partial charge in [-0.25, -0.2) is 4.98 Å². The minimum atomic E-state index is 0.339. The van der Waals surface area contributed by atoms with Crippen molar-refractivity contribution < 1.29 is 0 Å². The van der Waals surface area contributed by atoms with E-state index in [0.717, 1.165) is 11.3 Å². The largest absolute Gasteiger partial charge is 0.389 e. The zero-order chi connectivity index (χ0) is 13.0. The van der Waals surface area contributed by atoms with Crippen molar-refractivity contribution in [3.05, 3.63) is 35.8 Å². The summed E-state index contributed by atoms with van der Waals surface area (Å²) in [4.78, 5) is 4.73. The van der Waals surface area contributed by atoms with Crippen LogP contribution < -0.4 is 11.1 Å². The minimum Gasteiger partial charge on any atom is -0.389 e. The summed E-state index contributed by atoms with van der Waals surface area (Å²) in [5, 5.41) is 10.8. The molecule has 2 aromatic rings. The molecule has 0 bridgehead atoms. The van der Waals surface area contributed by atoms with E-state index < -0.39 is 0 Å². The number of thiocarbonyl (C=S) groups is 1. The van der Waals surface area contributed by atoms with Crippen molar-refractivity contribution in [2.75, 3.05) is 11.9 Å². The highest BCUT2D eigenvalue weighted by Gasteiger charge is 2.06. The van der Waals surface area contributed by atoms with Gasteiger partial charge in [0.25, 0.3) is 0 Å². The van der Waals surface area contributed by atoms with Crippen LogP contribution in [0.25, 0.3) is 0 Å². The first-order chi connectivity index (χ1) is 8.66. The van der Waals surface area contributed by atoms with Crippen molar-refractivity contribution in [3.63, 3.8) is 0 Å². The van der Waals surface area contributed by atoms with Crippen LogP contribution in [0, 0.1) is 6.92 Å². The molecular formula is C11H14N6S. The minimum absolute atomic E-state index is 0.339. The quantitative estimate of drug-likeness (QED) is 0.773. The molecule has 0 saturated heterocycles. The van der Waals surface area contributed by atoms with Crippen LogP contribution >= 0.6 is 12.2 Å². The molecule has 0 fully saturated rings. The fourth-order valence-corrected chi connectivity index (χ4v) is 1.70. The SMILES string of the molecule is Cc1ccc(C(N)=S)c(NCCn2ccnn2)n1. The van der Waals surface area contributed by atoms with Gasteiger partial charge in [-0.05, 0) is 19.1 Å². The van der Waals surface area contributed by atoms with Gasteiger partial charge in [0.2, 0.25) is 0 Å². The second-order valence-electron chi connectivity index (χ2n) is 3.81. The maximum Gasteiger partial charge on any atom is 0.136 e. The number of hydrogen-bond acceptors (Lipinski definition) is 5. The van der Waals surface area contributed by atoms with Crippen LogP contribution in [0.1, 0.15) is 11.3 Å². The lowest BCUT2D eigenvalue weighted by molar-refractivity contribution is 0.608. The molecule has 94 valence electrons. The molecule has 0 aromatic carbocycles. The number of nitrogens with zero attached hydrogens (tertiary/aromatic N) is 4. The summed E-state index contributed by atoms with van der Waals surface area (Å²) in [6.45, 7) is 3.30. The van der Waals surface area contributed by atoms with Crippen LogP contribution in [0.15, 0.2) is 24.5 Å². The van der Waals surface area contributed by atoms with Crippen LogP contribution in [0.5, 0.6) is 0 Å². The van der Waals surface area contributed by atoms with Gasteiger partial charge in [0.05, 0.1) is 18.3 Å². The highest BCUT2D eigenvalue weighted by Crippen LogP contribution is 2.13. The Morgan fingerprint density at radius 1 is 1.50 bits per heavy atom. The zero-order valence-electron chi connectivity index (χ0n) is 10.00. The van der Waals surface area contributed by atoms with Gasteiger partial charge < -0.3 is 11.1 Å². The summed E-state index contributed by atoms with van der Waals surface area (Å²) < 4.78 is 1.74. The van der Waals surface area contributed by atoms with Crippen LogP contribution in [0.4, 0.5) is 5.82 Å². The average molecular weight is 262 g/mol. The van der Waals surface area contributed by atoms with Crippen molar-refractivity contribution >= 4 is 23.0 Å². The third-order valence-corrected chi connectivity index (χ3v) is 2.63. The van der Waals surface area contributed by atoms with Crippen molar-refractivity contribution in [2.45, 2.75) is 13.5 Å². The highest BCUT2D eigenvalue weighted by molar-refractivity contribution is 7.80. The second-order valence-corrected chi connectivity index (χ2v) is 4.25. The van der Waals surface area contributed by atoms with Crippen molar-refractivity contribution in [3.8, 4) is 0 Å². The molecule has 0 aliphatic carbocycles. The molecule has 6 nitrogen and oxygen atoms in total. The number of aromatic nitrogens is 4.